The van der Waals surface area contributed by atoms with E-state index in [1.54, 1.807) is 42.5 Å². The fraction of sp³-hybridized carbons (Fsp3) is 0.200. The number of alkyl carbamates (subject to hydrolysis) is 1. The molecule has 0 fully saturated rings. The summed E-state index contributed by atoms with van der Waals surface area (Å²) in [5.41, 5.74) is 0.742. The Hall–Kier alpha value is -3.15. The number of halogens is 2. The minimum Gasteiger partial charge on any atom is -0.481 e. The van der Waals surface area contributed by atoms with Gasteiger partial charge in [0.1, 0.15) is 19.2 Å². The maximum atomic E-state index is 12.6. The Kier molecular flexibility index (Phi) is 8.64. The summed E-state index contributed by atoms with van der Waals surface area (Å²) in [5.74, 6) is -1.90. The molecule has 1 aromatic heterocycles. The summed E-state index contributed by atoms with van der Waals surface area (Å²) >= 11 is 13.1. The van der Waals surface area contributed by atoms with Crippen LogP contribution in [-0.4, -0.2) is 49.2 Å². The zero-order chi connectivity index (χ0) is 23.8. The van der Waals surface area contributed by atoms with Gasteiger partial charge in [0.05, 0.1) is 6.42 Å². The molecule has 0 aliphatic carbocycles. The number of carboxylic acids is 1. The number of hydrogen-bond donors (Lipinski definition) is 2. The van der Waals surface area contributed by atoms with E-state index in [-0.39, 0.29) is 11.8 Å². The number of aliphatic carboxylic acids is 1. The topological polar surface area (TPSA) is 136 Å². The van der Waals surface area contributed by atoms with Crippen LogP contribution in [0.25, 0.3) is 0 Å². The van der Waals surface area contributed by atoms with E-state index in [1.807, 2.05) is 6.07 Å². The molecule has 3 rings (SSSR count). The van der Waals surface area contributed by atoms with E-state index in [0.717, 1.165) is 22.1 Å². The van der Waals surface area contributed by atoms with Gasteiger partial charge in [-0.15, -0.1) is 10.2 Å². The van der Waals surface area contributed by atoms with Crippen LogP contribution in [0.3, 0.4) is 0 Å². The van der Waals surface area contributed by atoms with Crippen molar-refractivity contribution < 1.29 is 24.2 Å². The van der Waals surface area contributed by atoms with Gasteiger partial charge in [0.25, 0.3) is 0 Å². The van der Waals surface area contributed by atoms with E-state index in [1.165, 1.54) is 0 Å². The van der Waals surface area contributed by atoms with Gasteiger partial charge in [0.2, 0.25) is 5.16 Å². The number of hydrogen-bond acceptors (Lipinski definition) is 8. The number of carbonyl (C=O) groups excluding carboxylic acids is 2. The second-order valence-corrected chi connectivity index (χ2v) is 8.55. The van der Waals surface area contributed by atoms with Gasteiger partial charge in [-0.3, -0.25) is 9.59 Å². The summed E-state index contributed by atoms with van der Waals surface area (Å²) < 4.78 is 5.06. The third-order valence-corrected chi connectivity index (χ3v) is 5.30. The second-order valence-electron chi connectivity index (χ2n) is 6.63. The maximum Gasteiger partial charge on any atom is 0.408 e. The number of benzene rings is 2. The molecular weight excluding hydrogens is 493 g/mol. The molecule has 2 aromatic carbocycles. The molecule has 33 heavy (non-hydrogen) atoms. The van der Waals surface area contributed by atoms with Crippen LogP contribution in [0.1, 0.15) is 12.0 Å². The van der Waals surface area contributed by atoms with Crippen LogP contribution in [0.4, 0.5) is 4.79 Å². The smallest absolute Gasteiger partial charge is 0.408 e. The van der Waals surface area contributed by atoms with Gasteiger partial charge in [-0.1, -0.05) is 53.5 Å². The highest BCUT2D eigenvalue weighted by atomic mass is 35.5. The molecule has 3 aromatic rings. The first kappa shape index (κ1) is 24.5. The SMILES string of the molecule is O=C(O)CC(NC(=O)OCc1ccccc1)C(=O)Cn1nnc(Sc2cc(Cl)cc(Cl)c2)n1. The van der Waals surface area contributed by atoms with Crippen LogP contribution in [-0.2, 0) is 27.5 Å². The van der Waals surface area contributed by atoms with E-state index in [9.17, 15) is 14.4 Å². The lowest BCUT2D eigenvalue weighted by atomic mass is 10.1. The highest BCUT2D eigenvalue weighted by Gasteiger charge is 2.25. The standard InChI is InChI=1S/C20H17Cl2N5O5S/c21-13-6-14(22)8-15(7-13)33-19-24-26-27(25-19)10-17(28)16(9-18(29)30)23-20(31)32-11-12-4-2-1-3-5-12/h1-8,16H,9-11H2,(H,23,31)(H,29,30). The Morgan fingerprint density at radius 2 is 1.82 bits per heavy atom. The molecule has 0 aliphatic heterocycles. The van der Waals surface area contributed by atoms with E-state index in [0.29, 0.717) is 14.9 Å². The van der Waals surface area contributed by atoms with Gasteiger partial charge in [0, 0.05) is 14.9 Å². The minimum absolute atomic E-state index is 0.0284. The molecule has 1 atom stereocenters. The number of amides is 1. The first-order valence-electron chi connectivity index (χ1n) is 9.42. The van der Waals surface area contributed by atoms with Gasteiger partial charge in [-0.05, 0) is 40.7 Å². The van der Waals surface area contributed by atoms with Crippen molar-refractivity contribution >= 4 is 52.8 Å². The van der Waals surface area contributed by atoms with Gasteiger partial charge in [-0.25, -0.2) is 4.79 Å². The highest BCUT2D eigenvalue weighted by molar-refractivity contribution is 7.99. The number of carbonyl (C=O) groups is 3. The van der Waals surface area contributed by atoms with Gasteiger partial charge >= 0.3 is 12.1 Å². The molecule has 172 valence electrons. The predicted molar refractivity (Wildman–Crippen MR) is 119 cm³/mol. The number of ether oxygens (including phenoxy) is 1. The molecule has 0 bridgehead atoms. The summed E-state index contributed by atoms with van der Waals surface area (Å²) in [6, 6.07) is 12.5. The summed E-state index contributed by atoms with van der Waals surface area (Å²) in [7, 11) is 0. The summed E-state index contributed by atoms with van der Waals surface area (Å²) in [6.45, 7) is -0.430. The second kappa shape index (κ2) is 11.6. The lowest BCUT2D eigenvalue weighted by Crippen LogP contribution is -2.44. The predicted octanol–water partition coefficient (Wildman–Crippen LogP) is 3.47. The molecule has 0 saturated heterocycles. The normalized spacial score (nSPS) is 11.6. The van der Waals surface area contributed by atoms with Crippen molar-refractivity contribution in [3.63, 3.8) is 0 Å². The highest BCUT2D eigenvalue weighted by Crippen LogP contribution is 2.29. The van der Waals surface area contributed by atoms with Crippen LogP contribution >= 0.6 is 35.0 Å². The lowest BCUT2D eigenvalue weighted by molar-refractivity contribution is -0.139. The largest absolute Gasteiger partial charge is 0.481 e. The molecule has 1 amide bonds. The zero-order valence-corrected chi connectivity index (χ0v) is 19.2. The number of aromatic nitrogens is 4. The van der Waals surface area contributed by atoms with Crippen molar-refractivity contribution in [3.05, 3.63) is 64.1 Å². The summed E-state index contributed by atoms with van der Waals surface area (Å²) in [6.07, 6.45) is -1.55. The first-order valence-corrected chi connectivity index (χ1v) is 11.0. The molecule has 0 spiro atoms. The van der Waals surface area contributed by atoms with E-state index in [4.69, 9.17) is 33.0 Å². The number of rotatable bonds is 10. The molecule has 1 heterocycles. The Morgan fingerprint density at radius 3 is 2.48 bits per heavy atom. The minimum atomic E-state index is -1.33. The number of nitrogens with one attached hydrogen (secondary N) is 1. The Morgan fingerprint density at radius 1 is 1.12 bits per heavy atom. The Balaban J connectivity index is 1.59. The van der Waals surface area contributed by atoms with E-state index < -0.39 is 36.9 Å². The van der Waals surface area contributed by atoms with Crippen molar-refractivity contribution in [1.29, 1.82) is 0 Å². The van der Waals surface area contributed by atoms with Crippen molar-refractivity contribution in [2.75, 3.05) is 0 Å². The van der Waals surface area contributed by atoms with Gasteiger partial charge in [0.15, 0.2) is 5.78 Å². The zero-order valence-electron chi connectivity index (χ0n) is 16.9. The Labute approximate surface area is 202 Å². The monoisotopic (exact) mass is 509 g/mol. The van der Waals surface area contributed by atoms with Crippen molar-refractivity contribution in [1.82, 2.24) is 25.5 Å². The van der Waals surface area contributed by atoms with Gasteiger partial charge < -0.3 is 15.2 Å². The van der Waals surface area contributed by atoms with Crippen molar-refractivity contribution in [3.8, 4) is 0 Å². The summed E-state index contributed by atoms with van der Waals surface area (Å²) in [4.78, 5) is 37.5. The average Bonchev–Trinajstić information content (AvgIpc) is 3.18. The van der Waals surface area contributed by atoms with Crippen LogP contribution in [0.5, 0.6) is 0 Å². The average molecular weight is 510 g/mol. The number of carboxylic acid groups (broad SMARTS) is 1. The van der Waals surface area contributed by atoms with Crippen LogP contribution in [0.2, 0.25) is 10.0 Å². The molecule has 0 radical (unpaired) electrons. The molecule has 10 nitrogen and oxygen atoms in total. The quantitative estimate of drug-likeness (QED) is 0.420. The molecule has 0 aliphatic rings. The van der Waals surface area contributed by atoms with E-state index >= 15 is 0 Å². The fourth-order valence-corrected chi connectivity index (χ4v) is 4.06. The van der Waals surface area contributed by atoms with Crippen molar-refractivity contribution in [2.45, 2.75) is 35.7 Å². The lowest BCUT2D eigenvalue weighted by Gasteiger charge is -2.15. The third-order valence-electron chi connectivity index (χ3n) is 4.05. The maximum absolute atomic E-state index is 12.6. The Bertz CT molecular complexity index is 1120. The number of Topliss-reactive ketones (excluding diaryl/α,β-unsaturated/α-hetero) is 1. The number of ketones is 1. The van der Waals surface area contributed by atoms with E-state index in [2.05, 4.69) is 20.7 Å². The molecule has 13 heteroatoms. The third kappa shape index (κ3) is 8.04. The fourth-order valence-electron chi connectivity index (χ4n) is 2.61. The molecular formula is C20H17Cl2N5O5S. The first-order chi connectivity index (χ1) is 15.8. The van der Waals surface area contributed by atoms with Crippen LogP contribution in [0, 0.1) is 0 Å². The molecule has 1 unspecified atom stereocenters. The van der Waals surface area contributed by atoms with Crippen LogP contribution in [0.15, 0.2) is 58.6 Å². The van der Waals surface area contributed by atoms with Crippen molar-refractivity contribution in [2.24, 2.45) is 0 Å². The number of nitrogens with zero attached hydrogens (tertiary/aromatic N) is 4. The molecule has 0 saturated carbocycles. The summed E-state index contributed by atoms with van der Waals surface area (Å²) in [5, 5.41) is 24.2. The number of tetrazole rings is 1. The van der Waals surface area contributed by atoms with Gasteiger partial charge in [-0.2, -0.15) is 4.80 Å². The molecule has 2 N–H and O–H groups in total. The van der Waals surface area contributed by atoms with Crippen LogP contribution < -0.4 is 5.32 Å².